The summed E-state index contributed by atoms with van der Waals surface area (Å²) in [6.45, 7) is 1.98. The van der Waals surface area contributed by atoms with Crippen molar-refractivity contribution in [2.24, 2.45) is 0 Å². The summed E-state index contributed by atoms with van der Waals surface area (Å²) in [5, 5.41) is 15.2. The highest BCUT2D eigenvalue weighted by molar-refractivity contribution is 5.89. The quantitative estimate of drug-likeness (QED) is 0.810. The molecule has 0 aliphatic carbocycles. The number of aryl methyl sites for hydroxylation is 1. The highest BCUT2D eigenvalue weighted by atomic mass is 19.1. The number of rotatable bonds is 4. The van der Waals surface area contributed by atoms with Gasteiger partial charge in [-0.2, -0.15) is 0 Å². The number of amides is 2. The third-order valence-corrected chi connectivity index (χ3v) is 2.99. The molecule has 2 rings (SSSR count). The third-order valence-electron chi connectivity index (χ3n) is 2.99. The standard InChI is InChI=1S/C16H17FN2O2/c1-11-3-2-4-14(9-11)19-16(21)18-10-15(20)12-5-7-13(17)8-6-12/h2-9,15,20H,10H2,1H3,(H2,18,19,21). The molecule has 0 aliphatic rings. The minimum absolute atomic E-state index is 0.0449. The van der Waals surface area contributed by atoms with Gasteiger partial charge in [-0.25, -0.2) is 9.18 Å². The highest BCUT2D eigenvalue weighted by Crippen LogP contribution is 2.13. The van der Waals surface area contributed by atoms with E-state index in [1.165, 1.54) is 24.3 Å². The van der Waals surface area contributed by atoms with Crippen molar-refractivity contribution in [2.45, 2.75) is 13.0 Å². The van der Waals surface area contributed by atoms with Crippen LogP contribution in [0.2, 0.25) is 0 Å². The Labute approximate surface area is 122 Å². The summed E-state index contributed by atoms with van der Waals surface area (Å²) in [7, 11) is 0. The van der Waals surface area contributed by atoms with Gasteiger partial charge in [0.1, 0.15) is 5.82 Å². The second-order valence-electron chi connectivity index (χ2n) is 4.77. The van der Waals surface area contributed by atoms with Gasteiger partial charge in [-0.3, -0.25) is 0 Å². The van der Waals surface area contributed by atoms with Gasteiger partial charge in [0.25, 0.3) is 0 Å². The summed E-state index contributed by atoms with van der Waals surface area (Å²) < 4.78 is 12.8. The van der Waals surface area contributed by atoms with Gasteiger partial charge in [-0.1, -0.05) is 24.3 Å². The lowest BCUT2D eigenvalue weighted by Gasteiger charge is -2.13. The van der Waals surface area contributed by atoms with Crippen LogP contribution in [0.1, 0.15) is 17.2 Å². The molecule has 3 N–H and O–H groups in total. The second kappa shape index (κ2) is 6.85. The maximum Gasteiger partial charge on any atom is 0.319 e. The fourth-order valence-corrected chi connectivity index (χ4v) is 1.89. The predicted octanol–water partition coefficient (Wildman–Crippen LogP) is 2.99. The average Bonchev–Trinajstić information content (AvgIpc) is 2.45. The molecule has 0 radical (unpaired) electrons. The monoisotopic (exact) mass is 288 g/mol. The number of hydrogen-bond acceptors (Lipinski definition) is 2. The van der Waals surface area contributed by atoms with Crippen LogP contribution in [0.15, 0.2) is 48.5 Å². The predicted molar refractivity (Wildman–Crippen MR) is 79.6 cm³/mol. The Kier molecular flexibility index (Phi) is 4.90. The lowest BCUT2D eigenvalue weighted by atomic mass is 10.1. The van der Waals surface area contributed by atoms with Crippen LogP contribution < -0.4 is 10.6 Å². The van der Waals surface area contributed by atoms with Crippen LogP contribution in [0.3, 0.4) is 0 Å². The Morgan fingerprint density at radius 1 is 1.24 bits per heavy atom. The van der Waals surface area contributed by atoms with Crippen molar-refractivity contribution in [1.82, 2.24) is 5.32 Å². The van der Waals surface area contributed by atoms with Crippen LogP contribution >= 0.6 is 0 Å². The van der Waals surface area contributed by atoms with E-state index in [1.807, 2.05) is 25.1 Å². The van der Waals surface area contributed by atoms with E-state index in [0.717, 1.165) is 5.56 Å². The molecule has 110 valence electrons. The van der Waals surface area contributed by atoms with Gasteiger partial charge in [0.15, 0.2) is 0 Å². The molecule has 0 spiro atoms. The molecule has 1 atom stereocenters. The molecule has 0 aromatic heterocycles. The second-order valence-corrected chi connectivity index (χ2v) is 4.77. The van der Waals surface area contributed by atoms with Crippen LogP contribution in [-0.4, -0.2) is 17.7 Å². The molecule has 2 amide bonds. The minimum Gasteiger partial charge on any atom is -0.387 e. The summed E-state index contributed by atoms with van der Waals surface area (Å²) >= 11 is 0. The Morgan fingerprint density at radius 3 is 2.62 bits per heavy atom. The average molecular weight is 288 g/mol. The molecule has 4 nitrogen and oxygen atoms in total. The SMILES string of the molecule is Cc1cccc(NC(=O)NCC(O)c2ccc(F)cc2)c1. The van der Waals surface area contributed by atoms with Crippen molar-refractivity contribution < 1.29 is 14.3 Å². The molecule has 5 heteroatoms. The number of benzene rings is 2. The maximum atomic E-state index is 12.8. The van der Waals surface area contributed by atoms with E-state index >= 15 is 0 Å². The highest BCUT2D eigenvalue weighted by Gasteiger charge is 2.09. The van der Waals surface area contributed by atoms with Crippen LogP contribution in [0.4, 0.5) is 14.9 Å². The number of aliphatic hydroxyl groups is 1. The van der Waals surface area contributed by atoms with Gasteiger partial charge in [-0.05, 0) is 42.3 Å². The van der Waals surface area contributed by atoms with E-state index in [0.29, 0.717) is 11.3 Å². The fraction of sp³-hybridized carbons (Fsp3) is 0.188. The van der Waals surface area contributed by atoms with Crippen molar-refractivity contribution in [3.8, 4) is 0 Å². The molecular formula is C16H17FN2O2. The van der Waals surface area contributed by atoms with E-state index in [9.17, 15) is 14.3 Å². The van der Waals surface area contributed by atoms with Gasteiger partial charge < -0.3 is 15.7 Å². The summed E-state index contributed by atoms with van der Waals surface area (Å²) in [5.41, 5.74) is 2.27. The molecule has 0 fully saturated rings. The van der Waals surface area contributed by atoms with Crippen LogP contribution in [0.25, 0.3) is 0 Å². The maximum absolute atomic E-state index is 12.8. The zero-order chi connectivity index (χ0) is 15.2. The number of hydrogen-bond donors (Lipinski definition) is 3. The lowest BCUT2D eigenvalue weighted by Crippen LogP contribution is -2.32. The molecule has 0 saturated heterocycles. The molecule has 2 aromatic rings. The molecule has 1 unspecified atom stereocenters. The number of carbonyl (C=O) groups excluding carboxylic acids is 1. The Morgan fingerprint density at radius 2 is 1.95 bits per heavy atom. The van der Waals surface area contributed by atoms with E-state index in [1.54, 1.807) is 6.07 Å². The first kappa shape index (κ1) is 15.0. The first-order valence-electron chi connectivity index (χ1n) is 6.59. The number of urea groups is 1. The Hall–Kier alpha value is -2.40. The minimum atomic E-state index is -0.881. The zero-order valence-electron chi connectivity index (χ0n) is 11.6. The van der Waals surface area contributed by atoms with E-state index < -0.39 is 12.1 Å². The summed E-state index contributed by atoms with van der Waals surface area (Å²) in [4.78, 5) is 11.7. The van der Waals surface area contributed by atoms with Crippen molar-refractivity contribution in [2.75, 3.05) is 11.9 Å². The fourth-order valence-electron chi connectivity index (χ4n) is 1.89. The molecule has 0 aliphatic heterocycles. The van der Waals surface area contributed by atoms with Crippen molar-refractivity contribution in [3.05, 3.63) is 65.5 Å². The number of nitrogens with one attached hydrogen (secondary N) is 2. The normalized spacial score (nSPS) is 11.8. The van der Waals surface area contributed by atoms with E-state index in [-0.39, 0.29) is 12.4 Å². The number of carbonyl (C=O) groups is 1. The Bertz CT molecular complexity index is 614. The summed E-state index contributed by atoms with van der Waals surface area (Å²) in [6, 6.07) is 12.5. The molecule has 21 heavy (non-hydrogen) atoms. The first-order valence-corrected chi connectivity index (χ1v) is 6.59. The van der Waals surface area contributed by atoms with Crippen molar-refractivity contribution in [3.63, 3.8) is 0 Å². The van der Waals surface area contributed by atoms with Crippen molar-refractivity contribution >= 4 is 11.7 Å². The van der Waals surface area contributed by atoms with Crippen LogP contribution in [-0.2, 0) is 0 Å². The third kappa shape index (κ3) is 4.57. The molecular weight excluding hydrogens is 271 g/mol. The van der Waals surface area contributed by atoms with Gasteiger partial charge in [-0.15, -0.1) is 0 Å². The van der Waals surface area contributed by atoms with Crippen LogP contribution in [0.5, 0.6) is 0 Å². The summed E-state index contributed by atoms with van der Waals surface area (Å²) in [5.74, 6) is -0.365. The molecule has 0 bridgehead atoms. The van der Waals surface area contributed by atoms with Gasteiger partial charge in [0.05, 0.1) is 6.10 Å². The number of halogens is 1. The van der Waals surface area contributed by atoms with Crippen molar-refractivity contribution in [1.29, 1.82) is 0 Å². The van der Waals surface area contributed by atoms with Gasteiger partial charge in [0, 0.05) is 12.2 Å². The number of anilines is 1. The molecule has 2 aromatic carbocycles. The molecule has 0 saturated carbocycles. The van der Waals surface area contributed by atoms with Gasteiger partial charge in [0.2, 0.25) is 0 Å². The molecule has 0 heterocycles. The Balaban J connectivity index is 1.84. The lowest BCUT2D eigenvalue weighted by molar-refractivity contribution is 0.175. The zero-order valence-corrected chi connectivity index (χ0v) is 11.6. The van der Waals surface area contributed by atoms with Gasteiger partial charge >= 0.3 is 6.03 Å². The smallest absolute Gasteiger partial charge is 0.319 e. The largest absolute Gasteiger partial charge is 0.387 e. The first-order chi connectivity index (χ1) is 10.0. The summed E-state index contributed by atoms with van der Waals surface area (Å²) in [6.07, 6.45) is -0.881. The topological polar surface area (TPSA) is 61.4 Å². The number of aliphatic hydroxyl groups excluding tert-OH is 1. The van der Waals surface area contributed by atoms with E-state index in [2.05, 4.69) is 10.6 Å². The van der Waals surface area contributed by atoms with Crippen LogP contribution in [0, 0.1) is 12.7 Å². The van der Waals surface area contributed by atoms with E-state index in [4.69, 9.17) is 0 Å².